The topological polar surface area (TPSA) is 81.4 Å². The number of fused-ring (bicyclic) bond motifs is 1. The third-order valence-electron chi connectivity index (χ3n) is 4.15. The van der Waals surface area contributed by atoms with Gasteiger partial charge in [-0.2, -0.15) is 0 Å². The van der Waals surface area contributed by atoms with Crippen LogP contribution in [0.15, 0.2) is 18.2 Å². The highest BCUT2D eigenvalue weighted by Crippen LogP contribution is 2.38. The van der Waals surface area contributed by atoms with E-state index in [1.807, 2.05) is 0 Å². The molecule has 5 nitrogen and oxygen atoms in total. The number of nitrogens with one attached hydrogen (secondary N) is 1. The number of hydrogen-bond acceptors (Lipinski definition) is 5. The van der Waals surface area contributed by atoms with E-state index in [-0.39, 0.29) is 17.5 Å². The highest BCUT2D eigenvalue weighted by molar-refractivity contribution is 7.99. The normalized spacial score (nSPS) is 12.7. The van der Waals surface area contributed by atoms with Crippen LogP contribution >= 0.6 is 23.1 Å². The van der Waals surface area contributed by atoms with Crippen LogP contribution in [0.4, 0.5) is 9.39 Å². The van der Waals surface area contributed by atoms with E-state index < -0.39 is 5.91 Å². The van der Waals surface area contributed by atoms with Gasteiger partial charge in [0.15, 0.2) is 0 Å². The van der Waals surface area contributed by atoms with Gasteiger partial charge >= 0.3 is 0 Å². The molecule has 1 aromatic carbocycles. The predicted molar refractivity (Wildman–Crippen MR) is 103 cm³/mol. The fraction of sp³-hybridized carbons (Fsp3) is 0.333. The first-order valence-electron chi connectivity index (χ1n) is 8.14. The number of halogens is 1. The van der Waals surface area contributed by atoms with E-state index in [2.05, 4.69) is 5.32 Å². The Hall–Kier alpha value is -2.06. The van der Waals surface area contributed by atoms with Crippen LogP contribution in [0, 0.1) is 5.82 Å². The summed E-state index contributed by atoms with van der Waals surface area (Å²) >= 11 is 2.78. The molecule has 138 valence electrons. The predicted octanol–water partition coefficient (Wildman–Crippen LogP) is 3.36. The van der Waals surface area contributed by atoms with Crippen LogP contribution in [-0.2, 0) is 23.4 Å². The largest absolute Gasteiger partial charge is 0.496 e. The van der Waals surface area contributed by atoms with Gasteiger partial charge in [0.2, 0.25) is 5.91 Å². The summed E-state index contributed by atoms with van der Waals surface area (Å²) in [4.78, 5) is 25.1. The third kappa shape index (κ3) is 4.02. The molecule has 0 atom stereocenters. The molecule has 0 aliphatic heterocycles. The molecule has 8 heteroatoms. The van der Waals surface area contributed by atoms with Gasteiger partial charge in [-0.05, 0) is 43.0 Å². The minimum atomic E-state index is -0.503. The average molecular weight is 394 g/mol. The van der Waals surface area contributed by atoms with Crippen molar-refractivity contribution in [2.75, 3.05) is 18.2 Å². The molecule has 0 bridgehead atoms. The van der Waals surface area contributed by atoms with Crippen LogP contribution in [0.2, 0.25) is 0 Å². The number of benzene rings is 1. The van der Waals surface area contributed by atoms with E-state index in [0.717, 1.165) is 29.7 Å². The number of primary amides is 1. The van der Waals surface area contributed by atoms with Crippen molar-refractivity contribution >= 4 is 39.9 Å². The molecule has 0 saturated carbocycles. The monoisotopic (exact) mass is 394 g/mol. The van der Waals surface area contributed by atoms with Gasteiger partial charge in [-0.15, -0.1) is 23.1 Å². The highest BCUT2D eigenvalue weighted by atomic mass is 32.2. The van der Waals surface area contributed by atoms with Crippen LogP contribution in [0.5, 0.6) is 5.75 Å². The zero-order valence-electron chi connectivity index (χ0n) is 14.3. The molecule has 2 amide bonds. The molecule has 1 aromatic heterocycles. The van der Waals surface area contributed by atoms with E-state index in [4.69, 9.17) is 10.5 Å². The number of rotatable bonds is 7. The van der Waals surface area contributed by atoms with E-state index in [9.17, 15) is 14.0 Å². The highest BCUT2D eigenvalue weighted by Gasteiger charge is 2.26. The van der Waals surface area contributed by atoms with E-state index in [0.29, 0.717) is 27.6 Å². The van der Waals surface area contributed by atoms with Crippen molar-refractivity contribution in [3.63, 3.8) is 0 Å². The van der Waals surface area contributed by atoms with Gasteiger partial charge in [0, 0.05) is 16.2 Å². The summed E-state index contributed by atoms with van der Waals surface area (Å²) in [6, 6.07) is 4.30. The molecule has 1 aliphatic rings. The molecule has 0 saturated heterocycles. The molecule has 0 spiro atoms. The second-order valence-corrected chi connectivity index (χ2v) is 8.01. The van der Waals surface area contributed by atoms with Gasteiger partial charge in [0.05, 0.1) is 18.4 Å². The SMILES string of the molecule is COc1ccc(F)cc1CSCC(=O)Nc1sc2c(c1C(N)=O)CCC2. The second-order valence-electron chi connectivity index (χ2n) is 5.92. The molecule has 1 aliphatic carbocycles. The molecule has 3 rings (SSSR count). The Kier molecular flexibility index (Phi) is 5.83. The van der Waals surface area contributed by atoms with Crippen molar-refractivity contribution < 1.29 is 18.7 Å². The first-order valence-corrected chi connectivity index (χ1v) is 10.1. The second kappa shape index (κ2) is 8.09. The lowest BCUT2D eigenvalue weighted by Gasteiger charge is -2.09. The zero-order valence-corrected chi connectivity index (χ0v) is 15.9. The number of aryl methyl sites for hydroxylation is 1. The van der Waals surface area contributed by atoms with Crippen molar-refractivity contribution in [1.29, 1.82) is 0 Å². The molecule has 0 radical (unpaired) electrons. The maximum atomic E-state index is 13.4. The van der Waals surface area contributed by atoms with Crippen molar-refractivity contribution in [3.8, 4) is 5.75 Å². The molecular weight excluding hydrogens is 375 g/mol. The Labute approximate surface area is 159 Å². The number of methoxy groups -OCH3 is 1. The maximum Gasteiger partial charge on any atom is 0.251 e. The molecule has 2 aromatic rings. The molecule has 1 heterocycles. The summed E-state index contributed by atoms with van der Waals surface area (Å²) in [5.41, 5.74) is 7.62. The number of thioether (sulfide) groups is 1. The summed E-state index contributed by atoms with van der Waals surface area (Å²) in [5, 5.41) is 3.34. The van der Waals surface area contributed by atoms with E-state index in [1.54, 1.807) is 6.07 Å². The number of anilines is 1. The summed E-state index contributed by atoms with van der Waals surface area (Å²) < 4.78 is 18.6. The zero-order chi connectivity index (χ0) is 18.7. The summed E-state index contributed by atoms with van der Waals surface area (Å²) in [6.45, 7) is 0. The Bertz CT molecular complexity index is 851. The van der Waals surface area contributed by atoms with E-state index >= 15 is 0 Å². The van der Waals surface area contributed by atoms with Crippen LogP contribution in [0.1, 0.15) is 32.8 Å². The Morgan fingerprint density at radius 2 is 2.19 bits per heavy atom. The Balaban J connectivity index is 1.61. The van der Waals surface area contributed by atoms with Gasteiger partial charge in [-0.1, -0.05) is 0 Å². The molecule has 3 N–H and O–H groups in total. The fourth-order valence-corrected chi connectivity index (χ4v) is 5.15. The summed E-state index contributed by atoms with van der Waals surface area (Å²) in [7, 11) is 1.52. The number of ether oxygens (including phenoxy) is 1. The van der Waals surface area contributed by atoms with Crippen LogP contribution in [-0.4, -0.2) is 24.7 Å². The average Bonchev–Trinajstić information content (AvgIpc) is 3.15. The smallest absolute Gasteiger partial charge is 0.251 e. The van der Waals surface area contributed by atoms with Crippen molar-refractivity contribution in [3.05, 3.63) is 45.6 Å². The fourth-order valence-electron chi connectivity index (χ4n) is 3.03. The van der Waals surface area contributed by atoms with Gasteiger partial charge in [-0.3, -0.25) is 9.59 Å². The van der Waals surface area contributed by atoms with Gasteiger partial charge < -0.3 is 15.8 Å². The quantitative estimate of drug-likeness (QED) is 0.755. The van der Waals surface area contributed by atoms with E-state index in [1.165, 1.54) is 42.3 Å². The third-order valence-corrected chi connectivity index (χ3v) is 6.34. The maximum absolute atomic E-state index is 13.4. The van der Waals surface area contributed by atoms with Crippen LogP contribution in [0.3, 0.4) is 0 Å². The number of carbonyl (C=O) groups excluding carboxylic acids is 2. The number of carbonyl (C=O) groups is 2. The molecule has 26 heavy (non-hydrogen) atoms. The van der Waals surface area contributed by atoms with Gasteiger partial charge in [0.1, 0.15) is 16.6 Å². The minimum absolute atomic E-state index is 0.181. The summed E-state index contributed by atoms with van der Waals surface area (Å²) in [6.07, 6.45) is 2.76. The number of nitrogens with two attached hydrogens (primary N) is 1. The lowest BCUT2D eigenvalue weighted by molar-refractivity contribution is -0.113. The molecule has 0 fully saturated rings. The minimum Gasteiger partial charge on any atom is -0.496 e. The Morgan fingerprint density at radius 1 is 1.38 bits per heavy atom. The van der Waals surface area contributed by atoms with Gasteiger partial charge in [0.25, 0.3) is 5.91 Å². The first kappa shape index (κ1) is 18.7. The van der Waals surface area contributed by atoms with Gasteiger partial charge in [-0.25, -0.2) is 4.39 Å². The van der Waals surface area contributed by atoms with Crippen molar-refractivity contribution in [2.24, 2.45) is 5.73 Å². The lowest BCUT2D eigenvalue weighted by atomic mass is 10.1. The van der Waals surface area contributed by atoms with Crippen molar-refractivity contribution in [1.82, 2.24) is 0 Å². The standard InChI is InChI=1S/C18H19FN2O3S2/c1-24-13-6-5-11(19)7-10(13)8-25-9-15(22)21-18-16(17(20)23)12-3-2-4-14(12)26-18/h5-7H,2-4,8-9H2,1H3,(H2,20,23)(H,21,22). The first-order chi connectivity index (χ1) is 12.5. The number of amides is 2. The Morgan fingerprint density at radius 3 is 2.92 bits per heavy atom. The van der Waals surface area contributed by atoms with Crippen molar-refractivity contribution in [2.45, 2.75) is 25.0 Å². The molecule has 0 unspecified atom stereocenters. The van der Waals surface area contributed by atoms with Crippen LogP contribution in [0.25, 0.3) is 0 Å². The summed E-state index contributed by atoms with van der Waals surface area (Å²) in [5.74, 6) is 0.151. The van der Waals surface area contributed by atoms with Crippen LogP contribution < -0.4 is 15.8 Å². The lowest BCUT2D eigenvalue weighted by Crippen LogP contribution is -2.19. The molecular formula is C18H19FN2O3S2. The number of hydrogen-bond donors (Lipinski definition) is 2. The number of thiophene rings is 1.